The van der Waals surface area contributed by atoms with E-state index < -0.39 is 35.1 Å². The van der Waals surface area contributed by atoms with Crippen LogP contribution in [-0.4, -0.2) is 11.8 Å². The standard InChI is InChI=1S/C10H6F4O3/c1-5(15)9(16)17-6-2-3-8(11)7(4-6)10(12,13)14/h2-4H,1H3. The third-order valence-electron chi connectivity index (χ3n) is 1.74. The molecule has 0 spiro atoms. The van der Waals surface area contributed by atoms with E-state index in [2.05, 4.69) is 4.74 Å². The SMILES string of the molecule is CC(=O)C(=O)Oc1ccc(F)c(C(F)(F)F)c1. The summed E-state index contributed by atoms with van der Waals surface area (Å²) in [5.74, 6) is -4.31. The number of alkyl halides is 3. The molecule has 0 aliphatic rings. The molecule has 0 atom stereocenters. The fourth-order valence-corrected chi connectivity index (χ4v) is 0.964. The molecule has 0 heterocycles. The quantitative estimate of drug-likeness (QED) is 0.350. The Labute approximate surface area is 93.0 Å². The van der Waals surface area contributed by atoms with Crippen LogP contribution in [0.5, 0.6) is 5.75 Å². The number of carbonyl (C=O) groups excluding carboxylic acids is 2. The van der Waals surface area contributed by atoms with Crippen LogP contribution in [0.2, 0.25) is 0 Å². The lowest BCUT2D eigenvalue weighted by Gasteiger charge is -2.09. The maximum atomic E-state index is 12.8. The topological polar surface area (TPSA) is 43.4 Å². The molecule has 0 radical (unpaired) electrons. The van der Waals surface area contributed by atoms with Gasteiger partial charge in [-0.1, -0.05) is 0 Å². The highest BCUT2D eigenvalue weighted by Crippen LogP contribution is 2.33. The molecule has 0 aliphatic carbocycles. The summed E-state index contributed by atoms with van der Waals surface area (Å²) in [6.45, 7) is 0.899. The smallest absolute Gasteiger partial charge is 0.419 e. The molecular weight excluding hydrogens is 244 g/mol. The number of esters is 1. The van der Waals surface area contributed by atoms with Crippen LogP contribution in [0.1, 0.15) is 12.5 Å². The van der Waals surface area contributed by atoms with Crippen molar-refractivity contribution in [3.05, 3.63) is 29.6 Å². The summed E-state index contributed by atoms with van der Waals surface area (Å²) in [7, 11) is 0. The molecule has 0 fully saturated rings. The number of halogens is 4. The Kier molecular flexibility index (Phi) is 3.50. The van der Waals surface area contributed by atoms with Crippen molar-refractivity contribution in [1.29, 1.82) is 0 Å². The van der Waals surface area contributed by atoms with Crippen LogP contribution in [0.4, 0.5) is 17.6 Å². The van der Waals surface area contributed by atoms with Crippen LogP contribution in [0.3, 0.4) is 0 Å². The summed E-state index contributed by atoms with van der Waals surface area (Å²) in [5, 5.41) is 0. The molecule has 0 amide bonds. The Hall–Kier alpha value is -1.92. The van der Waals surface area contributed by atoms with Gasteiger partial charge in [-0.25, -0.2) is 9.18 Å². The number of ether oxygens (including phenoxy) is 1. The molecule has 1 aromatic rings. The third kappa shape index (κ3) is 3.27. The van der Waals surface area contributed by atoms with Crippen molar-refractivity contribution in [3.8, 4) is 5.75 Å². The van der Waals surface area contributed by atoms with E-state index in [4.69, 9.17) is 0 Å². The van der Waals surface area contributed by atoms with Gasteiger partial charge in [-0.3, -0.25) is 4.79 Å². The van der Waals surface area contributed by atoms with Crippen molar-refractivity contribution in [2.45, 2.75) is 13.1 Å². The average molecular weight is 250 g/mol. The molecule has 0 bridgehead atoms. The lowest BCUT2D eigenvalue weighted by Crippen LogP contribution is -2.17. The summed E-state index contributed by atoms with van der Waals surface area (Å²) >= 11 is 0. The van der Waals surface area contributed by atoms with Gasteiger partial charge in [0.25, 0.3) is 0 Å². The first-order chi connectivity index (χ1) is 7.71. The maximum absolute atomic E-state index is 12.8. The van der Waals surface area contributed by atoms with Gasteiger partial charge in [0.15, 0.2) is 0 Å². The first-order valence-electron chi connectivity index (χ1n) is 4.31. The van der Waals surface area contributed by atoms with Gasteiger partial charge in [-0.2, -0.15) is 13.2 Å². The molecule has 7 heteroatoms. The zero-order valence-corrected chi connectivity index (χ0v) is 8.47. The minimum atomic E-state index is -4.90. The second-order valence-electron chi connectivity index (χ2n) is 3.09. The number of hydrogen-bond donors (Lipinski definition) is 0. The molecule has 1 aromatic carbocycles. The first-order valence-corrected chi connectivity index (χ1v) is 4.31. The number of hydrogen-bond acceptors (Lipinski definition) is 3. The Balaban J connectivity index is 3.05. The Morgan fingerprint density at radius 1 is 1.24 bits per heavy atom. The van der Waals surface area contributed by atoms with Gasteiger partial charge in [0, 0.05) is 6.92 Å². The average Bonchev–Trinajstić information content (AvgIpc) is 2.19. The van der Waals surface area contributed by atoms with E-state index >= 15 is 0 Å². The van der Waals surface area contributed by atoms with E-state index in [0.29, 0.717) is 12.1 Å². The van der Waals surface area contributed by atoms with Gasteiger partial charge in [-0.15, -0.1) is 0 Å². The monoisotopic (exact) mass is 250 g/mol. The molecule has 17 heavy (non-hydrogen) atoms. The van der Waals surface area contributed by atoms with Gasteiger partial charge in [0.1, 0.15) is 11.6 Å². The van der Waals surface area contributed by atoms with E-state index in [0.717, 1.165) is 13.0 Å². The second kappa shape index (κ2) is 4.52. The van der Waals surface area contributed by atoms with Crippen molar-refractivity contribution < 1.29 is 31.9 Å². The Morgan fingerprint density at radius 2 is 1.82 bits per heavy atom. The number of benzene rings is 1. The first kappa shape index (κ1) is 13.1. The lowest BCUT2D eigenvalue weighted by atomic mass is 10.2. The lowest BCUT2D eigenvalue weighted by molar-refractivity contribution is -0.146. The van der Waals surface area contributed by atoms with Crippen molar-refractivity contribution in [1.82, 2.24) is 0 Å². The van der Waals surface area contributed by atoms with Gasteiger partial charge in [0.2, 0.25) is 5.78 Å². The zero-order valence-electron chi connectivity index (χ0n) is 8.47. The number of Topliss-reactive ketones (excluding diaryl/α,β-unsaturated/α-hetero) is 1. The van der Waals surface area contributed by atoms with Crippen LogP contribution in [-0.2, 0) is 15.8 Å². The Bertz CT molecular complexity index is 465. The van der Waals surface area contributed by atoms with Crippen molar-refractivity contribution in [3.63, 3.8) is 0 Å². The van der Waals surface area contributed by atoms with Gasteiger partial charge < -0.3 is 4.74 Å². The van der Waals surface area contributed by atoms with E-state index in [1.54, 1.807) is 0 Å². The van der Waals surface area contributed by atoms with E-state index in [-0.39, 0.29) is 0 Å². The molecule has 0 saturated heterocycles. The Morgan fingerprint density at radius 3 is 2.29 bits per heavy atom. The van der Waals surface area contributed by atoms with E-state index in [1.807, 2.05) is 0 Å². The van der Waals surface area contributed by atoms with Crippen molar-refractivity contribution >= 4 is 11.8 Å². The molecule has 92 valence electrons. The summed E-state index contributed by atoms with van der Waals surface area (Å²) in [5.41, 5.74) is -1.56. The largest absolute Gasteiger partial charge is 0.421 e. The van der Waals surface area contributed by atoms with Crippen LogP contribution < -0.4 is 4.74 Å². The molecule has 0 unspecified atom stereocenters. The predicted octanol–water partition coefficient (Wildman–Crippen LogP) is 2.34. The molecule has 0 saturated carbocycles. The highest BCUT2D eigenvalue weighted by Gasteiger charge is 2.34. The van der Waals surface area contributed by atoms with Crippen LogP contribution in [0.25, 0.3) is 0 Å². The number of ketones is 1. The van der Waals surface area contributed by atoms with E-state index in [9.17, 15) is 27.2 Å². The molecule has 0 aromatic heterocycles. The van der Waals surface area contributed by atoms with Crippen LogP contribution in [0.15, 0.2) is 18.2 Å². The maximum Gasteiger partial charge on any atom is 0.419 e. The highest BCUT2D eigenvalue weighted by molar-refractivity contribution is 6.33. The molecule has 3 nitrogen and oxygen atoms in total. The van der Waals surface area contributed by atoms with Gasteiger partial charge in [-0.05, 0) is 18.2 Å². The zero-order chi connectivity index (χ0) is 13.2. The molecule has 0 aliphatic heterocycles. The highest BCUT2D eigenvalue weighted by atomic mass is 19.4. The van der Waals surface area contributed by atoms with Crippen molar-refractivity contribution in [2.24, 2.45) is 0 Å². The predicted molar refractivity (Wildman–Crippen MR) is 47.7 cm³/mol. The number of rotatable bonds is 2. The molecule has 0 N–H and O–H groups in total. The normalized spacial score (nSPS) is 11.1. The molecule has 1 rings (SSSR count). The fourth-order valence-electron chi connectivity index (χ4n) is 0.964. The fraction of sp³-hybridized carbons (Fsp3) is 0.200. The minimum absolute atomic E-state index is 0.316. The van der Waals surface area contributed by atoms with Crippen LogP contribution >= 0.6 is 0 Å². The van der Waals surface area contributed by atoms with Gasteiger partial charge >= 0.3 is 12.1 Å². The van der Waals surface area contributed by atoms with E-state index in [1.165, 1.54) is 0 Å². The number of carbonyl (C=O) groups is 2. The summed E-state index contributed by atoms with van der Waals surface area (Å²) < 4.78 is 54.0. The van der Waals surface area contributed by atoms with Gasteiger partial charge in [0.05, 0.1) is 5.56 Å². The minimum Gasteiger partial charge on any atom is -0.421 e. The third-order valence-corrected chi connectivity index (χ3v) is 1.74. The molecular formula is C10H6F4O3. The van der Waals surface area contributed by atoms with Crippen LogP contribution in [0, 0.1) is 5.82 Å². The summed E-state index contributed by atoms with van der Waals surface area (Å²) in [6, 6.07) is 1.65. The summed E-state index contributed by atoms with van der Waals surface area (Å²) in [4.78, 5) is 21.3. The second-order valence-corrected chi connectivity index (χ2v) is 3.09. The summed E-state index contributed by atoms with van der Waals surface area (Å²) in [6.07, 6.45) is -4.90. The van der Waals surface area contributed by atoms with Crippen molar-refractivity contribution in [2.75, 3.05) is 0 Å².